The molecule has 0 aliphatic heterocycles. The molecule has 0 amide bonds. The zero-order chi connectivity index (χ0) is 15.2. The molecule has 1 unspecified atom stereocenters. The van der Waals surface area contributed by atoms with Gasteiger partial charge in [-0.1, -0.05) is 30.7 Å². The fourth-order valence-corrected chi connectivity index (χ4v) is 4.52. The van der Waals surface area contributed by atoms with Gasteiger partial charge in [0.15, 0.2) is 0 Å². The first-order valence-corrected chi connectivity index (χ1v) is 10.1. The van der Waals surface area contributed by atoms with E-state index in [4.69, 9.17) is 0 Å². The molecular weight excluding hydrogens is 290 g/mol. The van der Waals surface area contributed by atoms with Crippen LogP contribution in [0.25, 0.3) is 0 Å². The van der Waals surface area contributed by atoms with Crippen molar-refractivity contribution in [1.82, 2.24) is 5.32 Å². The van der Waals surface area contributed by atoms with E-state index in [0.717, 1.165) is 12.3 Å². The Kier molecular flexibility index (Phi) is 7.06. The maximum atomic E-state index is 11.1. The van der Waals surface area contributed by atoms with Gasteiger partial charge < -0.3 is 5.32 Å². The fourth-order valence-electron chi connectivity index (χ4n) is 2.13. The van der Waals surface area contributed by atoms with E-state index in [9.17, 15) is 8.42 Å². The minimum Gasteiger partial charge on any atom is -0.310 e. The molecule has 1 atom stereocenters. The minimum absolute atomic E-state index is 0.253. The summed E-state index contributed by atoms with van der Waals surface area (Å²) in [5, 5.41) is 3.49. The summed E-state index contributed by atoms with van der Waals surface area (Å²) in [6.07, 6.45) is 1.29. The van der Waals surface area contributed by atoms with Crippen molar-refractivity contribution < 1.29 is 8.42 Å². The minimum atomic E-state index is -2.85. The van der Waals surface area contributed by atoms with Crippen molar-refractivity contribution in [2.45, 2.75) is 26.8 Å². The average Bonchev–Trinajstić information content (AvgIpc) is 2.32. The number of hydrogen-bond donors (Lipinski definition) is 1. The Labute approximate surface area is 127 Å². The third-order valence-electron chi connectivity index (χ3n) is 3.13. The summed E-state index contributed by atoms with van der Waals surface area (Å²) in [5.74, 6) is 1.81. The summed E-state index contributed by atoms with van der Waals surface area (Å²) in [6, 6.07) is 6.79. The molecule has 5 heteroatoms. The van der Waals surface area contributed by atoms with E-state index in [1.54, 1.807) is 11.8 Å². The molecular formula is C15H25NO2S2. The summed E-state index contributed by atoms with van der Waals surface area (Å²) >= 11 is 1.69. The van der Waals surface area contributed by atoms with Gasteiger partial charge in [-0.25, -0.2) is 8.42 Å². The van der Waals surface area contributed by atoms with E-state index in [0.29, 0.717) is 5.75 Å². The van der Waals surface area contributed by atoms with Crippen LogP contribution in [-0.4, -0.2) is 38.5 Å². The van der Waals surface area contributed by atoms with Crippen molar-refractivity contribution in [3.05, 3.63) is 34.9 Å². The number of benzene rings is 1. The number of nitrogens with one attached hydrogen (secondary N) is 1. The summed E-state index contributed by atoms with van der Waals surface area (Å²) in [6.45, 7) is 7.23. The lowest BCUT2D eigenvalue weighted by molar-refractivity contribution is 0.601. The van der Waals surface area contributed by atoms with Gasteiger partial charge in [0.1, 0.15) is 9.84 Å². The molecule has 1 aromatic carbocycles. The van der Waals surface area contributed by atoms with Gasteiger partial charge in [-0.05, 0) is 31.5 Å². The first-order valence-electron chi connectivity index (χ1n) is 6.89. The highest BCUT2D eigenvalue weighted by Crippen LogP contribution is 2.22. The van der Waals surface area contributed by atoms with E-state index < -0.39 is 9.84 Å². The Morgan fingerprint density at radius 1 is 1.30 bits per heavy atom. The third-order valence-corrected chi connectivity index (χ3v) is 5.40. The Morgan fingerprint density at radius 2 is 2.00 bits per heavy atom. The number of aryl methyl sites for hydroxylation is 2. The molecule has 0 bridgehead atoms. The second-order valence-electron chi connectivity index (χ2n) is 5.18. The molecule has 0 fully saturated rings. The summed E-state index contributed by atoms with van der Waals surface area (Å²) in [7, 11) is -2.85. The zero-order valence-corrected chi connectivity index (χ0v) is 14.4. The smallest absolute Gasteiger partial charge is 0.148 e. The van der Waals surface area contributed by atoms with E-state index in [1.807, 2.05) is 0 Å². The van der Waals surface area contributed by atoms with Crippen LogP contribution < -0.4 is 5.32 Å². The van der Waals surface area contributed by atoms with Crippen LogP contribution in [0.1, 0.15) is 29.7 Å². The van der Waals surface area contributed by atoms with Gasteiger partial charge in [-0.3, -0.25) is 0 Å². The van der Waals surface area contributed by atoms with Gasteiger partial charge in [0, 0.05) is 23.8 Å². The standard InChI is InChI=1S/C15H25NO2S2/c1-5-16-15(11-19-8-9-20(4,17)18)14-7-6-12(2)10-13(14)3/h6-7,10,15-16H,5,8-9,11H2,1-4H3. The van der Waals surface area contributed by atoms with Gasteiger partial charge in [-0.2, -0.15) is 11.8 Å². The topological polar surface area (TPSA) is 46.2 Å². The molecule has 1 N–H and O–H groups in total. The van der Waals surface area contributed by atoms with Gasteiger partial charge in [0.05, 0.1) is 5.75 Å². The van der Waals surface area contributed by atoms with Crippen molar-refractivity contribution in [3.63, 3.8) is 0 Å². The second kappa shape index (κ2) is 8.05. The first-order chi connectivity index (χ1) is 9.33. The van der Waals surface area contributed by atoms with Crippen LogP contribution in [0.4, 0.5) is 0 Å². The SMILES string of the molecule is CCNC(CSCCS(C)(=O)=O)c1ccc(C)cc1C. The Bertz CT molecular complexity index is 527. The molecule has 3 nitrogen and oxygen atoms in total. The number of rotatable bonds is 8. The summed E-state index contributed by atoms with van der Waals surface area (Å²) in [4.78, 5) is 0. The molecule has 1 rings (SSSR count). The summed E-state index contributed by atoms with van der Waals surface area (Å²) in [5.41, 5.74) is 3.87. The fraction of sp³-hybridized carbons (Fsp3) is 0.600. The molecule has 1 aromatic rings. The monoisotopic (exact) mass is 315 g/mol. The van der Waals surface area contributed by atoms with Crippen LogP contribution in [-0.2, 0) is 9.84 Å². The van der Waals surface area contributed by atoms with E-state index in [-0.39, 0.29) is 11.8 Å². The van der Waals surface area contributed by atoms with Crippen LogP contribution >= 0.6 is 11.8 Å². The van der Waals surface area contributed by atoms with Crippen LogP contribution in [0.2, 0.25) is 0 Å². The van der Waals surface area contributed by atoms with Crippen LogP contribution in [0, 0.1) is 13.8 Å². The first kappa shape index (κ1) is 17.5. The van der Waals surface area contributed by atoms with Crippen molar-refractivity contribution in [3.8, 4) is 0 Å². The van der Waals surface area contributed by atoms with Gasteiger partial charge in [-0.15, -0.1) is 0 Å². The average molecular weight is 316 g/mol. The van der Waals surface area contributed by atoms with Gasteiger partial charge >= 0.3 is 0 Å². The zero-order valence-electron chi connectivity index (χ0n) is 12.8. The highest BCUT2D eigenvalue weighted by atomic mass is 32.2. The predicted octanol–water partition coefficient (Wildman–Crippen LogP) is 2.73. The van der Waals surface area contributed by atoms with Crippen molar-refractivity contribution >= 4 is 21.6 Å². The third kappa shape index (κ3) is 6.29. The normalized spacial score (nSPS) is 13.4. The molecule has 20 heavy (non-hydrogen) atoms. The van der Waals surface area contributed by atoms with Crippen LogP contribution in [0.5, 0.6) is 0 Å². The van der Waals surface area contributed by atoms with Crippen LogP contribution in [0.3, 0.4) is 0 Å². The quantitative estimate of drug-likeness (QED) is 0.749. The maximum Gasteiger partial charge on any atom is 0.148 e. The Hall–Kier alpha value is -0.520. The van der Waals surface area contributed by atoms with Crippen molar-refractivity contribution in [2.75, 3.05) is 30.1 Å². The molecule has 114 valence electrons. The van der Waals surface area contributed by atoms with E-state index >= 15 is 0 Å². The lowest BCUT2D eigenvalue weighted by Gasteiger charge is -2.20. The lowest BCUT2D eigenvalue weighted by atomic mass is 10.0. The molecule has 0 heterocycles. The lowest BCUT2D eigenvalue weighted by Crippen LogP contribution is -2.24. The number of thioether (sulfide) groups is 1. The number of hydrogen-bond acceptors (Lipinski definition) is 4. The molecule has 0 aromatic heterocycles. The second-order valence-corrected chi connectivity index (χ2v) is 8.58. The van der Waals surface area contributed by atoms with Gasteiger partial charge in [0.2, 0.25) is 0 Å². The number of sulfone groups is 1. The summed E-state index contributed by atoms with van der Waals surface area (Å²) < 4.78 is 22.3. The van der Waals surface area contributed by atoms with Crippen LogP contribution in [0.15, 0.2) is 18.2 Å². The van der Waals surface area contributed by atoms with E-state index in [1.165, 1.54) is 22.9 Å². The van der Waals surface area contributed by atoms with Crippen molar-refractivity contribution in [1.29, 1.82) is 0 Å². The highest BCUT2D eigenvalue weighted by Gasteiger charge is 2.13. The van der Waals surface area contributed by atoms with E-state index in [2.05, 4.69) is 44.3 Å². The molecule has 0 saturated carbocycles. The largest absolute Gasteiger partial charge is 0.310 e. The molecule has 0 saturated heterocycles. The Morgan fingerprint density at radius 3 is 2.55 bits per heavy atom. The predicted molar refractivity (Wildman–Crippen MR) is 89.4 cm³/mol. The molecule has 0 spiro atoms. The maximum absolute atomic E-state index is 11.1. The van der Waals surface area contributed by atoms with Crippen molar-refractivity contribution in [2.24, 2.45) is 0 Å². The molecule has 0 radical (unpaired) electrons. The Balaban J connectivity index is 2.64. The molecule has 0 aliphatic rings. The molecule has 0 aliphatic carbocycles. The highest BCUT2D eigenvalue weighted by molar-refractivity contribution is 8.00. The van der Waals surface area contributed by atoms with Gasteiger partial charge in [0.25, 0.3) is 0 Å².